The lowest BCUT2D eigenvalue weighted by Gasteiger charge is -2.11. The van der Waals surface area contributed by atoms with Crippen molar-refractivity contribution in [3.63, 3.8) is 0 Å². The SMILES string of the molecule is N#CC(C(=O)c1cccc(Cl)c1)c1c(F)cccc1Cl. The van der Waals surface area contributed by atoms with Gasteiger partial charge in [0, 0.05) is 21.2 Å². The maximum absolute atomic E-state index is 13.8. The maximum atomic E-state index is 13.8. The maximum Gasteiger partial charge on any atom is 0.184 e. The van der Waals surface area contributed by atoms with Crippen LogP contribution in [0, 0.1) is 17.1 Å². The van der Waals surface area contributed by atoms with E-state index >= 15 is 0 Å². The third-order valence-corrected chi connectivity index (χ3v) is 3.35. The fourth-order valence-corrected chi connectivity index (χ4v) is 2.31. The van der Waals surface area contributed by atoms with Gasteiger partial charge in [-0.3, -0.25) is 4.79 Å². The van der Waals surface area contributed by atoms with E-state index in [9.17, 15) is 14.4 Å². The summed E-state index contributed by atoms with van der Waals surface area (Å²) in [5, 5.41) is 9.62. The molecule has 2 rings (SSSR count). The van der Waals surface area contributed by atoms with E-state index in [1.807, 2.05) is 0 Å². The van der Waals surface area contributed by atoms with E-state index in [0.29, 0.717) is 5.02 Å². The van der Waals surface area contributed by atoms with E-state index in [4.69, 9.17) is 23.2 Å². The number of rotatable bonds is 3. The number of benzene rings is 2. The molecule has 5 heteroatoms. The van der Waals surface area contributed by atoms with Gasteiger partial charge < -0.3 is 0 Å². The lowest BCUT2D eigenvalue weighted by Crippen LogP contribution is -2.13. The predicted octanol–water partition coefficient (Wildman–Crippen LogP) is 4.62. The molecule has 2 aromatic carbocycles. The molecule has 0 amide bonds. The number of hydrogen-bond donors (Lipinski definition) is 0. The Balaban J connectivity index is 2.49. The highest BCUT2D eigenvalue weighted by Gasteiger charge is 2.27. The van der Waals surface area contributed by atoms with Crippen molar-refractivity contribution in [2.45, 2.75) is 5.92 Å². The van der Waals surface area contributed by atoms with Gasteiger partial charge in [0.2, 0.25) is 0 Å². The molecule has 0 saturated carbocycles. The van der Waals surface area contributed by atoms with Crippen molar-refractivity contribution >= 4 is 29.0 Å². The number of carbonyl (C=O) groups is 1. The molecule has 0 fully saturated rings. The van der Waals surface area contributed by atoms with Gasteiger partial charge in [0.25, 0.3) is 0 Å². The Morgan fingerprint density at radius 3 is 2.50 bits per heavy atom. The first-order valence-corrected chi connectivity index (χ1v) is 6.43. The van der Waals surface area contributed by atoms with Gasteiger partial charge in [0.1, 0.15) is 11.7 Å². The first-order valence-electron chi connectivity index (χ1n) is 5.68. The number of Topliss-reactive ketones (excluding diaryl/α,β-unsaturated/α-hetero) is 1. The highest BCUT2D eigenvalue weighted by atomic mass is 35.5. The van der Waals surface area contributed by atoms with Crippen LogP contribution in [-0.4, -0.2) is 5.78 Å². The molecule has 1 atom stereocenters. The van der Waals surface area contributed by atoms with Gasteiger partial charge in [-0.1, -0.05) is 41.4 Å². The molecule has 0 saturated heterocycles. The Hall–Kier alpha value is -1.89. The van der Waals surface area contributed by atoms with Crippen LogP contribution < -0.4 is 0 Å². The number of ketones is 1. The van der Waals surface area contributed by atoms with Gasteiger partial charge in [-0.2, -0.15) is 5.26 Å². The minimum atomic E-state index is -1.30. The van der Waals surface area contributed by atoms with Crippen LogP contribution in [0.2, 0.25) is 10.0 Å². The molecule has 0 radical (unpaired) electrons. The Kier molecular flexibility index (Phi) is 4.39. The Morgan fingerprint density at radius 2 is 1.90 bits per heavy atom. The third kappa shape index (κ3) is 2.82. The molecule has 0 heterocycles. The largest absolute Gasteiger partial charge is 0.292 e. The summed E-state index contributed by atoms with van der Waals surface area (Å²) in [6.45, 7) is 0. The molecule has 0 aromatic heterocycles. The van der Waals surface area contributed by atoms with E-state index in [0.717, 1.165) is 6.07 Å². The minimum absolute atomic E-state index is 0.0481. The lowest BCUT2D eigenvalue weighted by atomic mass is 9.91. The second-order valence-corrected chi connectivity index (χ2v) is 4.92. The summed E-state index contributed by atoms with van der Waals surface area (Å²) < 4.78 is 13.8. The van der Waals surface area contributed by atoms with Gasteiger partial charge >= 0.3 is 0 Å². The van der Waals surface area contributed by atoms with E-state index in [2.05, 4.69) is 0 Å². The molecule has 0 spiro atoms. The first kappa shape index (κ1) is 14.5. The molecule has 2 nitrogen and oxygen atoms in total. The highest BCUT2D eigenvalue weighted by molar-refractivity contribution is 6.32. The Morgan fingerprint density at radius 1 is 1.20 bits per heavy atom. The highest BCUT2D eigenvalue weighted by Crippen LogP contribution is 2.30. The number of nitrogens with zero attached hydrogens (tertiary/aromatic N) is 1. The normalized spacial score (nSPS) is 11.7. The van der Waals surface area contributed by atoms with Crippen LogP contribution in [0.15, 0.2) is 42.5 Å². The number of halogens is 3. The van der Waals surface area contributed by atoms with Crippen molar-refractivity contribution in [3.8, 4) is 6.07 Å². The van der Waals surface area contributed by atoms with Crippen LogP contribution >= 0.6 is 23.2 Å². The van der Waals surface area contributed by atoms with Gasteiger partial charge in [0.15, 0.2) is 5.78 Å². The zero-order valence-electron chi connectivity index (χ0n) is 10.1. The van der Waals surface area contributed by atoms with Crippen LogP contribution in [0.3, 0.4) is 0 Å². The zero-order valence-corrected chi connectivity index (χ0v) is 11.6. The summed E-state index contributed by atoms with van der Waals surface area (Å²) in [5.74, 6) is -2.52. The van der Waals surface area contributed by atoms with Crippen LogP contribution in [0.5, 0.6) is 0 Å². The lowest BCUT2D eigenvalue weighted by molar-refractivity contribution is 0.0977. The van der Waals surface area contributed by atoms with Gasteiger partial charge in [-0.05, 0) is 24.3 Å². The molecule has 0 aliphatic heterocycles. The summed E-state index contributed by atoms with van der Waals surface area (Å²) >= 11 is 11.7. The minimum Gasteiger partial charge on any atom is -0.292 e. The van der Waals surface area contributed by atoms with Crippen molar-refractivity contribution in [1.82, 2.24) is 0 Å². The summed E-state index contributed by atoms with van der Waals surface area (Å²) in [4.78, 5) is 12.3. The predicted molar refractivity (Wildman–Crippen MR) is 75.5 cm³/mol. The molecule has 0 bridgehead atoms. The average Bonchev–Trinajstić information content (AvgIpc) is 2.42. The van der Waals surface area contributed by atoms with Crippen LogP contribution in [-0.2, 0) is 0 Å². The van der Waals surface area contributed by atoms with Crippen LogP contribution in [0.4, 0.5) is 4.39 Å². The second-order valence-electron chi connectivity index (χ2n) is 4.07. The zero-order chi connectivity index (χ0) is 14.7. The fraction of sp³-hybridized carbons (Fsp3) is 0.0667. The smallest absolute Gasteiger partial charge is 0.184 e. The number of nitriles is 1. The Labute approximate surface area is 125 Å². The van der Waals surface area contributed by atoms with Gasteiger partial charge in [-0.25, -0.2) is 4.39 Å². The average molecular weight is 308 g/mol. The molecule has 100 valence electrons. The molecular formula is C15H8Cl2FNO. The van der Waals surface area contributed by atoms with E-state index in [-0.39, 0.29) is 16.1 Å². The monoisotopic (exact) mass is 307 g/mol. The molecule has 1 unspecified atom stereocenters. The molecular weight excluding hydrogens is 300 g/mol. The fourth-order valence-electron chi connectivity index (χ4n) is 1.85. The molecule has 0 N–H and O–H groups in total. The van der Waals surface area contributed by atoms with Crippen molar-refractivity contribution < 1.29 is 9.18 Å². The topological polar surface area (TPSA) is 40.9 Å². The standard InChI is InChI=1S/C15H8Cl2FNO/c16-10-4-1-3-9(7-10)15(20)11(8-19)14-12(17)5-2-6-13(14)18/h1-7,11H. The van der Waals surface area contributed by atoms with Gasteiger partial charge in [0.05, 0.1) is 6.07 Å². The number of hydrogen-bond acceptors (Lipinski definition) is 2. The Bertz CT molecular complexity index is 689. The second kappa shape index (κ2) is 6.04. The number of carbonyl (C=O) groups excluding carboxylic acids is 1. The van der Waals surface area contributed by atoms with E-state index < -0.39 is 17.5 Å². The van der Waals surface area contributed by atoms with Crippen molar-refractivity contribution in [2.24, 2.45) is 0 Å². The molecule has 20 heavy (non-hydrogen) atoms. The molecule has 2 aromatic rings. The van der Waals surface area contributed by atoms with Crippen molar-refractivity contribution in [2.75, 3.05) is 0 Å². The summed E-state index contributed by atoms with van der Waals surface area (Å²) in [7, 11) is 0. The van der Waals surface area contributed by atoms with Crippen LogP contribution in [0.25, 0.3) is 0 Å². The van der Waals surface area contributed by atoms with E-state index in [1.54, 1.807) is 18.2 Å². The van der Waals surface area contributed by atoms with Gasteiger partial charge in [-0.15, -0.1) is 0 Å². The van der Waals surface area contributed by atoms with Crippen LogP contribution in [0.1, 0.15) is 21.8 Å². The summed E-state index contributed by atoms with van der Waals surface area (Å²) in [6, 6.07) is 12.0. The van der Waals surface area contributed by atoms with E-state index in [1.165, 1.54) is 24.3 Å². The summed E-state index contributed by atoms with van der Waals surface area (Å²) in [5.41, 5.74) is 0.130. The first-order chi connectivity index (χ1) is 9.54. The quantitative estimate of drug-likeness (QED) is 0.776. The van der Waals surface area contributed by atoms with Crippen molar-refractivity contribution in [1.29, 1.82) is 5.26 Å². The van der Waals surface area contributed by atoms with Crippen molar-refractivity contribution in [3.05, 3.63) is 69.5 Å². The molecule has 0 aliphatic carbocycles. The molecule has 0 aliphatic rings. The third-order valence-electron chi connectivity index (χ3n) is 2.79. The summed E-state index contributed by atoms with van der Waals surface area (Å²) in [6.07, 6.45) is 0.